The van der Waals surface area contributed by atoms with Crippen molar-refractivity contribution in [2.75, 3.05) is 26.2 Å². The predicted molar refractivity (Wildman–Crippen MR) is 78.7 cm³/mol. The summed E-state index contributed by atoms with van der Waals surface area (Å²) in [6.45, 7) is 4.11. The molecule has 1 aromatic carbocycles. The Morgan fingerprint density at radius 3 is 2.37 bits per heavy atom. The Balaban J connectivity index is 0.00000133. The number of nitrogens with one attached hydrogen (secondary N) is 1. The first kappa shape index (κ1) is 14.4. The third-order valence-corrected chi connectivity index (χ3v) is 4.46. The minimum Gasteiger partial charge on any atom is -0.339 e. The van der Waals surface area contributed by atoms with Crippen LogP contribution in [0.25, 0.3) is 0 Å². The zero-order chi connectivity index (χ0) is 12.4. The maximum atomic E-state index is 12.3. The Labute approximate surface area is 120 Å². The van der Waals surface area contributed by atoms with E-state index < -0.39 is 0 Å². The van der Waals surface area contributed by atoms with Gasteiger partial charge in [-0.25, -0.2) is 0 Å². The molecule has 3 rings (SSSR count). The van der Waals surface area contributed by atoms with Gasteiger partial charge < -0.3 is 10.2 Å². The second kappa shape index (κ2) is 5.93. The fourth-order valence-electron chi connectivity index (χ4n) is 3.17. The highest BCUT2D eigenvalue weighted by atomic mass is 35.5. The molecule has 2 aliphatic rings. The Kier molecular flexibility index (Phi) is 4.48. The molecule has 2 aliphatic heterocycles. The summed E-state index contributed by atoms with van der Waals surface area (Å²) in [6, 6.07) is 9.62. The summed E-state index contributed by atoms with van der Waals surface area (Å²) < 4.78 is 0. The van der Waals surface area contributed by atoms with Crippen LogP contribution in [0, 0.1) is 5.41 Å². The molecule has 2 heterocycles. The number of hydrogen-bond donors (Lipinski definition) is 1. The molecule has 2 saturated heterocycles. The van der Waals surface area contributed by atoms with E-state index in [4.69, 9.17) is 0 Å². The Morgan fingerprint density at radius 1 is 1.11 bits per heavy atom. The van der Waals surface area contributed by atoms with Gasteiger partial charge in [0.15, 0.2) is 0 Å². The van der Waals surface area contributed by atoms with Gasteiger partial charge in [-0.3, -0.25) is 4.79 Å². The van der Waals surface area contributed by atoms with Crippen molar-refractivity contribution in [2.24, 2.45) is 5.41 Å². The van der Waals surface area contributed by atoms with Crippen LogP contribution in [0.1, 0.15) is 29.6 Å². The number of rotatable bonds is 1. The maximum absolute atomic E-state index is 12.3. The van der Waals surface area contributed by atoms with E-state index in [1.54, 1.807) is 0 Å². The van der Waals surface area contributed by atoms with Crippen LogP contribution in [-0.2, 0) is 0 Å². The molecule has 0 unspecified atom stereocenters. The van der Waals surface area contributed by atoms with Crippen LogP contribution in [0.15, 0.2) is 30.3 Å². The molecule has 1 amide bonds. The second-order valence-electron chi connectivity index (χ2n) is 5.59. The van der Waals surface area contributed by atoms with Gasteiger partial charge in [0, 0.05) is 25.2 Å². The van der Waals surface area contributed by atoms with E-state index >= 15 is 0 Å². The number of carbonyl (C=O) groups excluding carboxylic acids is 1. The number of likely N-dealkylation sites (tertiary alicyclic amines) is 1. The zero-order valence-electron chi connectivity index (χ0n) is 11.1. The molecule has 4 heteroatoms. The summed E-state index contributed by atoms with van der Waals surface area (Å²) in [4.78, 5) is 14.3. The molecule has 1 aromatic rings. The van der Waals surface area contributed by atoms with Gasteiger partial charge in [0.25, 0.3) is 5.91 Å². The summed E-state index contributed by atoms with van der Waals surface area (Å²) in [5, 5.41) is 3.46. The van der Waals surface area contributed by atoms with E-state index in [2.05, 4.69) is 5.32 Å². The monoisotopic (exact) mass is 280 g/mol. The molecule has 0 aliphatic carbocycles. The zero-order valence-corrected chi connectivity index (χ0v) is 11.9. The first-order valence-corrected chi connectivity index (χ1v) is 6.84. The number of hydrogen-bond acceptors (Lipinski definition) is 2. The highest BCUT2D eigenvalue weighted by Gasteiger charge is 2.38. The predicted octanol–water partition coefficient (Wildman–Crippen LogP) is 2.32. The molecule has 0 atom stereocenters. The lowest BCUT2D eigenvalue weighted by Crippen LogP contribution is -2.44. The van der Waals surface area contributed by atoms with Crippen molar-refractivity contribution in [2.45, 2.75) is 19.3 Å². The normalized spacial score (nSPS) is 21.2. The minimum absolute atomic E-state index is 0. The molecule has 0 aromatic heterocycles. The van der Waals surface area contributed by atoms with E-state index in [9.17, 15) is 4.79 Å². The number of halogens is 1. The van der Waals surface area contributed by atoms with Crippen molar-refractivity contribution >= 4 is 18.3 Å². The smallest absolute Gasteiger partial charge is 0.253 e. The van der Waals surface area contributed by atoms with Crippen molar-refractivity contribution in [1.82, 2.24) is 10.2 Å². The number of amides is 1. The SMILES string of the molecule is Cl.O=C(c1ccccc1)N1CCC2(CCNC2)CC1. The van der Waals surface area contributed by atoms with Crippen LogP contribution in [-0.4, -0.2) is 37.0 Å². The number of piperidine rings is 1. The number of carbonyl (C=O) groups is 1. The highest BCUT2D eigenvalue weighted by molar-refractivity contribution is 5.94. The lowest BCUT2D eigenvalue weighted by Gasteiger charge is -2.38. The van der Waals surface area contributed by atoms with E-state index in [1.165, 1.54) is 6.42 Å². The molecule has 0 saturated carbocycles. The molecule has 0 bridgehead atoms. The molecule has 104 valence electrons. The number of nitrogens with zero attached hydrogens (tertiary/aromatic N) is 1. The van der Waals surface area contributed by atoms with Crippen LogP contribution < -0.4 is 5.32 Å². The van der Waals surface area contributed by atoms with Gasteiger partial charge in [-0.1, -0.05) is 18.2 Å². The van der Waals surface area contributed by atoms with Gasteiger partial charge in [-0.15, -0.1) is 12.4 Å². The first-order valence-electron chi connectivity index (χ1n) is 6.84. The largest absolute Gasteiger partial charge is 0.339 e. The average molecular weight is 281 g/mol. The van der Waals surface area contributed by atoms with E-state index in [1.807, 2.05) is 35.2 Å². The molecule has 3 nitrogen and oxygen atoms in total. The molecular formula is C15H21ClN2O. The van der Waals surface area contributed by atoms with Crippen molar-refractivity contribution in [3.8, 4) is 0 Å². The third kappa shape index (κ3) is 2.93. The first-order chi connectivity index (χ1) is 8.79. The van der Waals surface area contributed by atoms with Gasteiger partial charge in [0.1, 0.15) is 0 Å². The van der Waals surface area contributed by atoms with Gasteiger partial charge in [-0.2, -0.15) is 0 Å². The van der Waals surface area contributed by atoms with E-state index in [0.717, 1.165) is 44.6 Å². The average Bonchev–Trinajstić information content (AvgIpc) is 2.88. The van der Waals surface area contributed by atoms with Gasteiger partial charge in [0.05, 0.1) is 0 Å². The lowest BCUT2D eigenvalue weighted by molar-refractivity contribution is 0.0607. The summed E-state index contributed by atoms with van der Waals surface area (Å²) >= 11 is 0. The summed E-state index contributed by atoms with van der Waals surface area (Å²) in [6.07, 6.45) is 3.58. The Morgan fingerprint density at radius 2 is 1.79 bits per heavy atom. The topological polar surface area (TPSA) is 32.3 Å². The molecule has 0 radical (unpaired) electrons. The van der Waals surface area contributed by atoms with Crippen LogP contribution in [0.5, 0.6) is 0 Å². The molecule has 1 spiro atoms. The van der Waals surface area contributed by atoms with Crippen molar-refractivity contribution < 1.29 is 4.79 Å². The lowest BCUT2D eigenvalue weighted by atomic mass is 9.78. The number of benzene rings is 1. The highest BCUT2D eigenvalue weighted by Crippen LogP contribution is 2.37. The molecule has 2 fully saturated rings. The van der Waals surface area contributed by atoms with Crippen LogP contribution >= 0.6 is 12.4 Å². The van der Waals surface area contributed by atoms with Gasteiger partial charge >= 0.3 is 0 Å². The van der Waals surface area contributed by atoms with Gasteiger partial charge in [-0.05, 0) is 43.4 Å². The third-order valence-electron chi connectivity index (χ3n) is 4.46. The Hall–Kier alpha value is -1.06. The van der Waals surface area contributed by atoms with Crippen LogP contribution in [0.2, 0.25) is 0 Å². The molecule has 19 heavy (non-hydrogen) atoms. The van der Waals surface area contributed by atoms with Crippen molar-refractivity contribution in [3.63, 3.8) is 0 Å². The summed E-state index contributed by atoms with van der Waals surface area (Å²) in [5.74, 6) is 0.191. The molecule has 1 N–H and O–H groups in total. The Bertz CT molecular complexity index is 419. The summed E-state index contributed by atoms with van der Waals surface area (Å²) in [7, 11) is 0. The van der Waals surface area contributed by atoms with E-state index in [0.29, 0.717) is 5.41 Å². The van der Waals surface area contributed by atoms with E-state index in [-0.39, 0.29) is 18.3 Å². The maximum Gasteiger partial charge on any atom is 0.253 e. The molecular weight excluding hydrogens is 260 g/mol. The standard InChI is InChI=1S/C15H20N2O.ClH/c18-14(13-4-2-1-3-5-13)17-10-7-15(8-11-17)6-9-16-12-15;/h1-5,16H,6-12H2;1H. The van der Waals surface area contributed by atoms with Gasteiger partial charge in [0.2, 0.25) is 0 Å². The quantitative estimate of drug-likeness (QED) is 0.856. The minimum atomic E-state index is 0. The van der Waals surface area contributed by atoms with Crippen molar-refractivity contribution in [1.29, 1.82) is 0 Å². The fraction of sp³-hybridized carbons (Fsp3) is 0.533. The van der Waals surface area contributed by atoms with Crippen LogP contribution in [0.3, 0.4) is 0 Å². The fourth-order valence-corrected chi connectivity index (χ4v) is 3.17. The summed E-state index contributed by atoms with van der Waals surface area (Å²) in [5.41, 5.74) is 1.30. The second-order valence-corrected chi connectivity index (χ2v) is 5.59. The van der Waals surface area contributed by atoms with Crippen molar-refractivity contribution in [3.05, 3.63) is 35.9 Å². The van der Waals surface area contributed by atoms with Crippen LogP contribution in [0.4, 0.5) is 0 Å².